The van der Waals surface area contributed by atoms with Gasteiger partial charge in [0.15, 0.2) is 0 Å². The molecule has 21 heavy (non-hydrogen) atoms. The van der Waals surface area contributed by atoms with Gasteiger partial charge in [-0.25, -0.2) is 0 Å². The summed E-state index contributed by atoms with van der Waals surface area (Å²) in [4.78, 5) is 21.0. The largest absolute Gasteiger partial charge is 0.343 e. The minimum Gasteiger partial charge on any atom is -0.343 e. The number of carbonyl (C=O) groups is 1. The van der Waals surface area contributed by atoms with Gasteiger partial charge in [0.2, 0.25) is 5.91 Å². The van der Waals surface area contributed by atoms with Crippen LogP contribution >= 0.6 is 11.3 Å². The van der Waals surface area contributed by atoms with Crippen molar-refractivity contribution < 1.29 is 4.79 Å². The van der Waals surface area contributed by atoms with Crippen molar-refractivity contribution in [2.24, 2.45) is 0 Å². The molecule has 0 aliphatic carbocycles. The maximum absolute atomic E-state index is 12.8. The van der Waals surface area contributed by atoms with Crippen LogP contribution in [0.15, 0.2) is 17.5 Å². The molecule has 2 fully saturated rings. The number of hydrogen-bond donors (Lipinski definition) is 0. The lowest BCUT2D eigenvalue weighted by atomic mass is 9.82. The average Bonchev–Trinajstić information content (AvgIpc) is 3.00. The first-order valence-electron chi connectivity index (χ1n) is 7.91. The Labute approximate surface area is 131 Å². The molecule has 1 aromatic rings. The number of rotatable bonds is 3. The highest BCUT2D eigenvalue weighted by atomic mass is 32.1. The zero-order valence-electron chi connectivity index (χ0n) is 13.0. The third-order valence-electron chi connectivity index (χ3n) is 5.08. The molecule has 1 amide bonds. The van der Waals surface area contributed by atoms with E-state index >= 15 is 0 Å². The van der Waals surface area contributed by atoms with Crippen LogP contribution in [0.25, 0.3) is 0 Å². The molecule has 4 nitrogen and oxygen atoms in total. The van der Waals surface area contributed by atoms with Crippen molar-refractivity contribution in [2.45, 2.75) is 31.8 Å². The molecule has 1 spiro atoms. The Balaban J connectivity index is 1.68. The lowest BCUT2D eigenvalue weighted by Gasteiger charge is -2.52. The second-order valence-electron chi connectivity index (χ2n) is 6.19. The van der Waals surface area contributed by atoms with Crippen LogP contribution in [-0.2, 0) is 11.3 Å². The van der Waals surface area contributed by atoms with E-state index in [0.29, 0.717) is 5.91 Å². The molecule has 0 unspecified atom stereocenters. The van der Waals surface area contributed by atoms with Gasteiger partial charge >= 0.3 is 0 Å². The minimum absolute atomic E-state index is 0.228. The summed E-state index contributed by atoms with van der Waals surface area (Å²) in [5, 5.41) is 2.14. The van der Waals surface area contributed by atoms with Crippen molar-refractivity contribution in [3.8, 4) is 0 Å². The topological polar surface area (TPSA) is 26.8 Å². The molecule has 3 rings (SSSR count). The molecule has 0 N–H and O–H groups in total. The normalized spacial score (nSPS) is 23.9. The highest BCUT2D eigenvalue weighted by Crippen LogP contribution is 2.33. The van der Waals surface area contributed by atoms with Gasteiger partial charge in [0.25, 0.3) is 0 Å². The van der Waals surface area contributed by atoms with Crippen LogP contribution in [0.2, 0.25) is 0 Å². The first-order valence-corrected chi connectivity index (χ1v) is 8.79. The zero-order chi connectivity index (χ0) is 14.9. The number of nitrogens with zero attached hydrogens (tertiary/aromatic N) is 3. The molecule has 0 saturated carbocycles. The lowest BCUT2D eigenvalue weighted by molar-refractivity contribution is -0.154. The van der Waals surface area contributed by atoms with Crippen molar-refractivity contribution in [1.82, 2.24) is 14.7 Å². The summed E-state index contributed by atoms with van der Waals surface area (Å²) in [6.07, 6.45) is 1.94. The molecule has 2 saturated heterocycles. The summed E-state index contributed by atoms with van der Waals surface area (Å²) in [5.74, 6) is 0.339. The molecular formula is C16H25N3OS. The number of likely N-dealkylation sites (N-methyl/N-ethyl adjacent to an activating group) is 2. The van der Waals surface area contributed by atoms with Crippen LogP contribution in [0.5, 0.6) is 0 Å². The Morgan fingerprint density at radius 1 is 1.24 bits per heavy atom. The van der Waals surface area contributed by atoms with Gasteiger partial charge in [0.05, 0.1) is 0 Å². The molecule has 2 aliphatic heterocycles. The maximum atomic E-state index is 12.8. The summed E-state index contributed by atoms with van der Waals surface area (Å²) in [5.41, 5.74) is -0.228. The molecule has 5 heteroatoms. The van der Waals surface area contributed by atoms with E-state index in [9.17, 15) is 4.79 Å². The van der Waals surface area contributed by atoms with Crippen LogP contribution < -0.4 is 0 Å². The summed E-state index contributed by atoms with van der Waals surface area (Å²) in [6.45, 7) is 8.12. The van der Waals surface area contributed by atoms with Gasteiger partial charge in [0, 0.05) is 44.6 Å². The Morgan fingerprint density at radius 3 is 2.62 bits per heavy atom. The predicted octanol–water partition coefficient (Wildman–Crippen LogP) is 1.88. The van der Waals surface area contributed by atoms with Crippen LogP contribution in [-0.4, -0.2) is 65.9 Å². The van der Waals surface area contributed by atoms with Crippen molar-refractivity contribution in [3.05, 3.63) is 22.4 Å². The summed E-state index contributed by atoms with van der Waals surface area (Å²) >= 11 is 1.82. The van der Waals surface area contributed by atoms with Gasteiger partial charge in [-0.15, -0.1) is 11.3 Å². The van der Waals surface area contributed by atoms with Crippen LogP contribution in [0, 0.1) is 0 Å². The highest BCUT2D eigenvalue weighted by Gasteiger charge is 2.49. The number of hydrogen-bond acceptors (Lipinski definition) is 4. The van der Waals surface area contributed by atoms with E-state index in [4.69, 9.17) is 0 Å². The SMILES string of the molecule is CCN1CCN(C)C(=O)C12CCN(Cc1cccs1)CC2. The van der Waals surface area contributed by atoms with Crippen molar-refractivity contribution >= 4 is 17.2 Å². The van der Waals surface area contributed by atoms with Crippen LogP contribution in [0.1, 0.15) is 24.6 Å². The zero-order valence-corrected chi connectivity index (χ0v) is 13.9. The molecule has 0 bridgehead atoms. The second kappa shape index (κ2) is 6.07. The second-order valence-corrected chi connectivity index (χ2v) is 7.23. The Hall–Kier alpha value is -0.910. The number of likely N-dealkylation sites (tertiary alicyclic amines) is 1. The van der Waals surface area contributed by atoms with Gasteiger partial charge < -0.3 is 4.90 Å². The predicted molar refractivity (Wildman–Crippen MR) is 86.4 cm³/mol. The van der Waals surface area contributed by atoms with E-state index in [1.807, 2.05) is 23.3 Å². The fourth-order valence-electron chi connectivity index (χ4n) is 3.77. The van der Waals surface area contributed by atoms with E-state index in [2.05, 4.69) is 34.2 Å². The van der Waals surface area contributed by atoms with Gasteiger partial charge in [0.1, 0.15) is 5.54 Å². The highest BCUT2D eigenvalue weighted by molar-refractivity contribution is 7.09. The van der Waals surface area contributed by atoms with Crippen LogP contribution in [0.4, 0.5) is 0 Å². The number of thiophene rings is 1. The van der Waals surface area contributed by atoms with Gasteiger partial charge in [-0.3, -0.25) is 14.6 Å². The third kappa shape index (κ3) is 2.74. The van der Waals surface area contributed by atoms with Crippen LogP contribution in [0.3, 0.4) is 0 Å². The van der Waals surface area contributed by atoms with Gasteiger partial charge in [-0.05, 0) is 30.8 Å². The molecule has 0 aromatic carbocycles. The molecular weight excluding hydrogens is 282 g/mol. The average molecular weight is 307 g/mol. The smallest absolute Gasteiger partial charge is 0.242 e. The molecule has 0 atom stereocenters. The first-order chi connectivity index (χ1) is 10.2. The van der Waals surface area contributed by atoms with Crippen molar-refractivity contribution in [2.75, 3.05) is 39.8 Å². The Bertz CT molecular complexity index is 480. The van der Waals surface area contributed by atoms with E-state index in [1.165, 1.54) is 4.88 Å². The molecule has 0 radical (unpaired) electrons. The third-order valence-corrected chi connectivity index (χ3v) is 5.94. The van der Waals surface area contributed by atoms with E-state index in [1.54, 1.807) is 0 Å². The fourth-order valence-corrected chi connectivity index (χ4v) is 4.52. The number of carbonyl (C=O) groups excluding carboxylic acids is 1. The van der Waals surface area contributed by atoms with Gasteiger partial charge in [-0.1, -0.05) is 13.0 Å². The monoisotopic (exact) mass is 307 g/mol. The summed E-state index contributed by atoms with van der Waals surface area (Å²) in [6, 6.07) is 4.32. The Kier molecular flexibility index (Phi) is 4.33. The molecule has 3 heterocycles. The summed E-state index contributed by atoms with van der Waals surface area (Å²) < 4.78 is 0. The fraction of sp³-hybridized carbons (Fsp3) is 0.688. The maximum Gasteiger partial charge on any atom is 0.242 e. The Morgan fingerprint density at radius 2 is 2.00 bits per heavy atom. The summed E-state index contributed by atoms with van der Waals surface area (Å²) in [7, 11) is 1.95. The standard InChI is InChI=1S/C16H25N3OS/c1-3-19-11-10-17(2)15(20)16(19)6-8-18(9-7-16)13-14-5-4-12-21-14/h4-5,12H,3,6-11,13H2,1-2H3. The van der Waals surface area contributed by atoms with Crippen molar-refractivity contribution in [3.63, 3.8) is 0 Å². The lowest BCUT2D eigenvalue weighted by Crippen LogP contribution is -2.67. The van der Waals surface area contributed by atoms with E-state index < -0.39 is 0 Å². The molecule has 2 aliphatic rings. The number of amides is 1. The molecule has 1 aromatic heterocycles. The molecule has 116 valence electrons. The van der Waals surface area contributed by atoms with Crippen molar-refractivity contribution in [1.29, 1.82) is 0 Å². The van der Waals surface area contributed by atoms with E-state index in [-0.39, 0.29) is 5.54 Å². The van der Waals surface area contributed by atoms with E-state index in [0.717, 1.165) is 52.1 Å². The number of piperidine rings is 1. The van der Waals surface area contributed by atoms with Gasteiger partial charge in [-0.2, -0.15) is 0 Å². The quantitative estimate of drug-likeness (QED) is 0.853. The number of piperazine rings is 1. The first kappa shape index (κ1) is 15.0. The minimum atomic E-state index is -0.228.